The average Bonchev–Trinajstić information content (AvgIpc) is 2.30. The van der Waals surface area contributed by atoms with E-state index in [0.29, 0.717) is 0 Å². The smallest absolute Gasteiger partial charge is 0.179 e. The number of hydrogen-bond acceptors (Lipinski definition) is 4. The van der Waals surface area contributed by atoms with Gasteiger partial charge in [-0.1, -0.05) is 6.92 Å². The van der Waals surface area contributed by atoms with Crippen LogP contribution in [0.15, 0.2) is 11.8 Å². The fourth-order valence-electron chi connectivity index (χ4n) is 1.71. The molecule has 1 heterocycles. The van der Waals surface area contributed by atoms with Gasteiger partial charge in [0, 0.05) is 14.2 Å². The van der Waals surface area contributed by atoms with E-state index < -0.39 is 0 Å². The first kappa shape index (κ1) is 12.5. The molecule has 0 bridgehead atoms. The van der Waals surface area contributed by atoms with Gasteiger partial charge in [-0.05, 0) is 25.5 Å². The highest BCUT2D eigenvalue weighted by Gasteiger charge is 2.26. The molecule has 4 nitrogen and oxygen atoms in total. The van der Waals surface area contributed by atoms with Gasteiger partial charge >= 0.3 is 0 Å². The molecule has 0 saturated heterocycles. The lowest BCUT2D eigenvalue weighted by atomic mass is 10.1. The molecule has 1 atom stereocenters. The summed E-state index contributed by atoms with van der Waals surface area (Å²) in [5.41, 5.74) is 0. The van der Waals surface area contributed by atoms with Crippen LogP contribution >= 0.6 is 0 Å². The zero-order valence-corrected chi connectivity index (χ0v) is 9.79. The third-order valence-electron chi connectivity index (χ3n) is 2.43. The lowest BCUT2D eigenvalue weighted by Crippen LogP contribution is -2.44. The quantitative estimate of drug-likeness (QED) is 0.677. The third kappa shape index (κ3) is 3.48. The summed E-state index contributed by atoms with van der Waals surface area (Å²) in [7, 11) is 3.28. The van der Waals surface area contributed by atoms with E-state index in [1.54, 1.807) is 14.2 Å². The highest BCUT2D eigenvalue weighted by Crippen LogP contribution is 2.17. The van der Waals surface area contributed by atoms with Crippen LogP contribution in [-0.4, -0.2) is 39.7 Å². The molecular weight excluding hydrogens is 194 g/mol. The van der Waals surface area contributed by atoms with Crippen molar-refractivity contribution in [2.24, 2.45) is 0 Å². The minimum atomic E-state index is -0.297. The van der Waals surface area contributed by atoms with Crippen LogP contribution in [0, 0.1) is 0 Å². The third-order valence-corrected chi connectivity index (χ3v) is 2.43. The normalized spacial score (nSPS) is 18.5. The SMILES string of the molecule is CCNC(C1=CCCCO1)C(OC)OC. The van der Waals surface area contributed by atoms with Crippen LogP contribution in [0.1, 0.15) is 19.8 Å². The minimum Gasteiger partial charge on any atom is -0.496 e. The Hall–Kier alpha value is -0.580. The summed E-state index contributed by atoms with van der Waals surface area (Å²) in [6.07, 6.45) is 3.97. The molecule has 0 amide bonds. The average molecular weight is 215 g/mol. The summed E-state index contributed by atoms with van der Waals surface area (Å²) in [5, 5.41) is 3.31. The maximum absolute atomic E-state index is 5.62. The second kappa shape index (κ2) is 6.82. The van der Waals surface area contributed by atoms with Gasteiger partial charge in [0.25, 0.3) is 0 Å². The summed E-state index contributed by atoms with van der Waals surface area (Å²) in [6.45, 7) is 3.70. The van der Waals surface area contributed by atoms with Crippen molar-refractivity contribution in [1.82, 2.24) is 5.32 Å². The largest absolute Gasteiger partial charge is 0.496 e. The van der Waals surface area contributed by atoms with E-state index in [1.807, 2.05) is 0 Å². The predicted molar refractivity (Wildman–Crippen MR) is 58.5 cm³/mol. The number of ether oxygens (including phenoxy) is 3. The Morgan fingerprint density at radius 2 is 2.20 bits per heavy atom. The second-order valence-corrected chi connectivity index (χ2v) is 3.47. The zero-order chi connectivity index (χ0) is 11.1. The second-order valence-electron chi connectivity index (χ2n) is 3.47. The van der Waals surface area contributed by atoms with E-state index in [-0.39, 0.29) is 12.3 Å². The molecule has 1 unspecified atom stereocenters. The van der Waals surface area contributed by atoms with E-state index in [0.717, 1.165) is 31.8 Å². The molecule has 1 aliphatic rings. The number of hydrogen-bond donors (Lipinski definition) is 1. The molecule has 0 aromatic rings. The van der Waals surface area contributed by atoms with E-state index in [9.17, 15) is 0 Å². The number of nitrogens with one attached hydrogen (secondary N) is 1. The van der Waals surface area contributed by atoms with Crippen molar-refractivity contribution >= 4 is 0 Å². The number of rotatable bonds is 6. The molecule has 0 radical (unpaired) electrons. The molecule has 0 spiro atoms. The van der Waals surface area contributed by atoms with Crippen molar-refractivity contribution in [2.75, 3.05) is 27.4 Å². The summed E-state index contributed by atoms with van der Waals surface area (Å²) >= 11 is 0. The Kier molecular flexibility index (Phi) is 5.68. The van der Waals surface area contributed by atoms with Gasteiger partial charge in [-0.25, -0.2) is 0 Å². The van der Waals surface area contributed by atoms with E-state index in [4.69, 9.17) is 14.2 Å². The molecule has 15 heavy (non-hydrogen) atoms. The zero-order valence-electron chi connectivity index (χ0n) is 9.79. The summed E-state index contributed by atoms with van der Waals surface area (Å²) in [4.78, 5) is 0. The Bertz CT molecular complexity index is 202. The van der Waals surface area contributed by atoms with Gasteiger partial charge < -0.3 is 19.5 Å². The molecule has 1 N–H and O–H groups in total. The first-order valence-electron chi connectivity index (χ1n) is 5.45. The van der Waals surface area contributed by atoms with Gasteiger partial charge in [0.05, 0.1) is 6.61 Å². The van der Waals surface area contributed by atoms with Crippen LogP contribution < -0.4 is 5.32 Å². The van der Waals surface area contributed by atoms with E-state index >= 15 is 0 Å². The Morgan fingerprint density at radius 3 is 2.67 bits per heavy atom. The first-order valence-corrected chi connectivity index (χ1v) is 5.45. The van der Waals surface area contributed by atoms with Crippen molar-refractivity contribution < 1.29 is 14.2 Å². The molecule has 1 aliphatic heterocycles. The van der Waals surface area contributed by atoms with Gasteiger partial charge in [0.1, 0.15) is 11.8 Å². The first-order chi connectivity index (χ1) is 7.33. The predicted octanol–water partition coefficient (Wildman–Crippen LogP) is 1.28. The lowest BCUT2D eigenvalue weighted by molar-refractivity contribution is -0.123. The molecule has 4 heteroatoms. The van der Waals surface area contributed by atoms with Crippen LogP contribution in [0.4, 0.5) is 0 Å². The number of likely N-dealkylation sites (N-methyl/N-ethyl adjacent to an activating group) is 1. The molecular formula is C11H21NO3. The van der Waals surface area contributed by atoms with Crippen LogP contribution in [0.25, 0.3) is 0 Å². The minimum absolute atomic E-state index is 0.00898. The van der Waals surface area contributed by atoms with Crippen molar-refractivity contribution in [3.8, 4) is 0 Å². The summed E-state index contributed by atoms with van der Waals surface area (Å²) < 4.78 is 16.1. The van der Waals surface area contributed by atoms with Crippen molar-refractivity contribution in [3.05, 3.63) is 11.8 Å². The maximum atomic E-state index is 5.62. The Labute approximate surface area is 91.6 Å². The Morgan fingerprint density at radius 1 is 1.47 bits per heavy atom. The summed E-state index contributed by atoms with van der Waals surface area (Å²) in [6, 6.07) is -0.00898. The van der Waals surface area contributed by atoms with Crippen molar-refractivity contribution in [2.45, 2.75) is 32.1 Å². The monoisotopic (exact) mass is 215 g/mol. The molecule has 0 fully saturated rings. The maximum Gasteiger partial charge on any atom is 0.179 e. The van der Waals surface area contributed by atoms with Gasteiger partial charge in [0.2, 0.25) is 0 Å². The van der Waals surface area contributed by atoms with E-state index in [1.165, 1.54) is 0 Å². The van der Waals surface area contributed by atoms with Gasteiger partial charge in [0.15, 0.2) is 6.29 Å². The van der Waals surface area contributed by atoms with Crippen LogP contribution in [0.3, 0.4) is 0 Å². The van der Waals surface area contributed by atoms with E-state index in [2.05, 4.69) is 18.3 Å². The number of methoxy groups -OCH3 is 2. The van der Waals surface area contributed by atoms with Crippen molar-refractivity contribution in [1.29, 1.82) is 0 Å². The molecule has 88 valence electrons. The molecule has 1 rings (SSSR count). The molecule has 0 aromatic heterocycles. The van der Waals surface area contributed by atoms with Crippen LogP contribution in [0.2, 0.25) is 0 Å². The standard InChI is InChI=1S/C11H21NO3/c1-4-12-10(11(13-2)14-3)9-7-5-6-8-15-9/h7,10-12H,4-6,8H2,1-3H3. The Balaban J connectivity index is 2.66. The molecule has 0 aromatic carbocycles. The molecule has 0 aliphatic carbocycles. The van der Waals surface area contributed by atoms with Gasteiger partial charge in [-0.3, -0.25) is 0 Å². The van der Waals surface area contributed by atoms with Gasteiger partial charge in [-0.15, -0.1) is 0 Å². The van der Waals surface area contributed by atoms with Gasteiger partial charge in [-0.2, -0.15) is 0 Å². The van der Waals surface area contributed by atoms with Crippen LogP contribution in [-0.2, 0) is 14.2 Å². The highest BCUT2D eigenvalue weighted by atomic mass is 16.7. The lowest BCUT2D eigenvalue weighted by Gasteiger charge is -2.29. The topological polar surface area (TPSA) is 39.7 Å². The van der Waals surface area contributed by atoms with Crippen LogP contribution in [0.5, 0.6) is 0 Å². The molecule has 0 saturated carbocycles. The number of allylic oxidation sites excluding steroid dienone is 1. The summed E-state index contributed by atoms with van der Waals surface area (Å²) in [5.74, 6) is 0.941. The fraction of sp³-hybridized carbons (Fsp3) is 0.818. The van der Waals surface area contributed by atoms with Crippen molar-refractivity contribution in [3.63, 3.8) is 0 Å². The highest BCUT2D eigenvalue weighted by molar-refractivity contribution is 5.07. The fourth-order valence-corrected chi connectivity index (χ4v) is 1.71.